The van der Waals surface area contributed by atoms with Gasteiger partial charge in [0.05, 0.1) is 11.3 Å². The van der Waals surface area contributed by atoms with Gasteiger partial charge in [0.1, 0.15) is 5.65 Å². The normalized spacial score (nSPS) is 10.9. The molecule has 2 heterocycles. The molecule has 0 amide bonds. The topological polar surface area (TPSA) is 95.1 Å². The van der Waals surface area contributed by atoms with E-state index in [4.69, 9.17) is 0 Å². The maximum Gasteiger partial charge on any atom is 0.266 e. The van der Waals surface area contributed by atoms with Gasteiger partial charge in [-0.15, -0.1) is 0 Å². The molecule has 0 aliphatic rings. The molecule has 26 heavy (non-hydrogen) atoms. The standard InChI is InChI=1S/C20H14N2O4/c23-14-10-13(11-15(24)19(14)25)18-17(12-6-2-1-3-7-12)20(26)22-9-5-4-8-16(22)21-18/h1-11,23-25H. The van der Waals surface area contributed by atoms with E-state index in [2.05, 4.69) is 4.98 Å². The van der Waals surface area contributed by atoms with Crippen LogP contribution in [0, 0.1) is 0 Å². The lowest BCUT2D eigenvalue weighted by Crippen LogP contribution is -2.18. The Morgan fingerprint density at radius 3 is 2.15 bits per heavy atom. The third-order valence-corrected chi connectivity index (χ3v) is 4.14. The summed E-state index contributed by atoms with van der Waals surface area (Å²) >= 11 is 0. The van der Waals surface area contributed by atoms with Crippen LogP contribution in [0.1, 0.15) is 0 Å². The first-order valence-electron chi connectivity index (χ1n) is 7.88. The summed E-state index contributed by atoms with van der Waals surface area (Å²) in [6, 6.07) is 16.8. The predicted molar refractivity (Wildman–Crippen MR) is 97.3 cm³/mol. The number of rotatable bonds is 2. The minimum absolute atomic E-state index is 0.274. The van der Waals surface area contributed by atoms with E-state index >= 15 is 0 Å². The number of hydrogen-bond donors (Lipinski definition) is 3. The van der Waals surface area contributed by atoms with E-state index in [1.54, 1.807) is 36.5 Å². The molecule has 4 rings (SSSR count). The maximum absolute atomic E-state index is 13.1. The van der Waals surface area contributed by atoms with Crippen molar-refractivity contribution in [2.75, 3.05) is 0 Å². The Bertz CT molecular complexity index is 1160. The van der Waals surface area contributed by atoms with E-state index in [0.717, 1.165) is 0 Å². The molecule has 4 aromatic rings. The fourth-order valence-electron chi connectivity index (χ4n) is 2.90. The van der Waals surface area contributed by atoms with Gasteiger partial charge < -0.3 is 15.3 Å². The quantitative estimate of drug-likeness (QED) is 0.485. The Morgan fingerprint density at radius 1 is 0.808 bits per heavy atom. The summed E-state index contributed by atoms with van der Waals surface area (Å²) < 4.78 is 1.44. The molecule has 6 nitrogen and oxygen atoms in total. The van der Waals surface area contributed by atoms with Crippen LogP contribution in [0.2, 0.25) is 0 Å². The van der Waals surface area contributed by atoms with Crippen LogP contribution in [0.15, 0.2) is 71.7 Å². The van der Waals surface area contributed by atoms with Crippen LogP contribution in [0.25, 0.3) is 28.0 Å². The molecule has 0 saturated carbocycles. The third-order valence-electron chi connectivity index (χ3n) is 4.14. The van der Waals surface area contributed by atoms with Gasteiger partial charge in [-0.25, -0.2) is 4.98 Å². The van der Waals surface area contributed by atoms with Gasteiger partial charge >= 0.3 is 0 Å². The fourth-order valence-corrected chi connectivity index (χ4v) is 2.90. The van der Waals surface area contributed by atoms with Crippen LogP contribution in [0.4, 0.5) is 0 Å². The van der Waals surface area contributed by atoms with Gasteiger partial charge in [0.15, 0.2) is 17.2 Å². The van der Waals surface area contributed by atoms with E-state index in [-0.39, 0.29) is 5.56 Å². The summed E-state index contributed by atoms with van der Waals surface area (Å²) in [6.45, 7) is 0. The van der Waals surface area contributed by atoms with E-state index < -0.39 is 17.2 Å². The second-order valence-corrected chi connectivity index (χ2v) is 5.80. The summed E-state index contributed by atoms with van der Waals surface area (Å²) in [6.07, 6.45) is 1.63. The lowest BCUT2D eigenvalue weighted by molar-refractivity contribution is 0.368. The van der Waals surface area contributed by atoms with E-state index in [9.17, 15) is 20.1 Å². The highest BCUT2D eigenvalue weighted by atomic mass is 16.3. The number of aromatic hydroxyl groups is 3. The Kier molecular flexibility index (Phi) is 3.58. The third kappa shape index (κ3) is 2.44. The van der Waals surface area contributed by atoms with Crippen molar-refractivity contribution in [3.05, 3.63) is 77.2 Å². The van der Waals surface area contributed by atoms with Gasteiger partial charge in [-0.1, -0.05) is 36.4 Å². The lowest BCUT2D eigenvalue weighted by atomic mass is 9.99. The van der Waals surface area contributed by atoms with Gasteiger partial charge in [0.25, 0.3) is 5.56 Å². The first kappa shape index (κ1) is 15.7. The van der Waals surface area contributed by atoms with Gasteiger partial charge in [-0.3, -0.25) is 9.20 Å². The van der Waals surface area contributed by atoms with Crippen molar-refractivity contribution >= 4 is 5.65 Å². The summed E-state index contributed by atoms with van der Waals surface area (Å²) in [7, 11) is 0. The molecule has 0 unspecified atom stereocenters. The number of phenols is 3. The van der Waals surface area contributed by atoms with Crippen molar-refractivity contribution < 1.29 is 15.3 Å². The molecule has 0 spiro atoms. The molecule has 6 heteroatoms. The number of benzene rings is 2. The average molecular weight is 346 g/mol. The summed E-state index contributed by atoms with van der Waals surface area (Å²) in [4.78, 5) is 17.7. The molecule has 2 aromatic carbocycles. The zero-order chi connectivity index (χ0) is 18.3. The summed E-state index contributed by atoms with van der Waals surface area (Å²) in [5, 5.41) is 29.3. The molecule has 0 fully saturated rings. The van der Waals surface area contributed by atoms with E-state index in [1.807, 2.05) is 18.2 Å². The van der Waals surface area contributed by atoms with E-state index in [1.165, 1.54) is 16.5 Å². The number of pyridine rings is 1. The van der Waals surface area contributed by atoms with Crippen LogP contribution >= 0.6 is 0 Å². The van der Waals surface area contributed by atoms with Crippen molar-refractivity contribution in [2.45, 2.75) is 0 Å². The Balaban J connectivity index is 2.13. The highest BCUT2D eigenvalue weighted by Gasteiger charge is 2.19. The molecule has 0 bridgehead atoms. The monoisotopic (exact) mass is 346 g/mol. The maximum atomic E-state index is 13.1. The molecule has 0 aliphatic heterocycles. The Labute approximate surface area is 147 Å². The van der Waals surface area contributed by atoms with Crippen molar-refractivity contribution in [1.29, 1.82) is 0 Å². The van der Waals surface area contributed by atoms with Crippen LogP contribution in [-0.2, 0) is 0 Å². The molecule has 0 aliphatic carbocycles. The molecule has 3 N–H and O–H groups in total. The lowest BCUT2D eigenvalue weighted by Gasteiger charge is -2.12. The van der Waals surface area contributed by atoms with Gasteiger partial charge in [0.2, 0.25) is 0 Å². The Morgan fingerprint density at radius 2 is 1.46 bits per heavy atom. The van der Waals surface area contributed by atoms with Crippen molar-refractivity contribution in [3.8, 4) is 39.6 Å². The fraction of sp³-hybridized carbons (Fsp3) is 0. The first-order chi connectivity index (χ1) is 12.6. The van der Waals surface area contributed by atoms with Crippen molar-refractivity contribution in [1.82, 2.24) is 9.38 Å². The number of phenolic OH excluding ortho intramolecular Hbond substituents is 3. The highest BCUT2D eigenvalue weighted by molar-refractivity contribution is 5.83. The first-order valence-corrected chi connectivity index (χ1v) is 7.88. The zero-order valence-corrected chi connectivity index (χ0v) is 13.5. The zero-order valence-electron chi connectivity index (χ0n) is 13.5. The van der Waals surface area contributed by atoms with Crippen LogP contribution < -0.4 is 5.56 Å². The summed E-state index contributed by atoms with van der Waals surface area (Å²) in [5.74, 6) is -1.60. The molecule has 2 aromatic heterocycles. The molecular weight excluding hydrogens is 332 g/mol. The van der Waals surface area contributed by atoms with Gasteiger partial charge in [-0.05, 0) is 29.8 Å². The average Bonchev–Trinajstić information content (AvgIpc) is 2.66. The van der Waals surface area contributed by atoms with Gasteiger partial charge in [0, 0.05) is 11.8 Å². The van der Waals surface area contributed by atoms with Crippen LogP contribution in [-0.4, -0.2) is 24.7 Å². The SMILES string of the molecule is O=c1c(-c2ccccc2)c(-c2cc(O)c(O)c(O)c2)nc2ccccn12. The molecule has 0 saturated heterocycles. The highest BCUT2D eigenvalue weighted by Crippen LogP contribution is 2.40. The van der Waals surface area contributed by atoms with Crippen LogP contribution in [0.3, 0.4) is 0 Å². The largest absolute Gasteiger partial charge is 0.504 e. The van der Waals surface area contributed by atoms with Crippen molar-refractivity contribution in [2.24, 2.45) is 0 Å². The van der Waals surface area contributed by atoms with Crippen molar-refractivity contribution in [3.63, 3.8) is 0 Å². The number of fused-ring (bicyclic) bond motifs is 1. The number of aromatic nitrogens is 2. The second kappa shape index (κ2) is 5.93. The predicted octanol–water partition coefficient (Wildman–Crippen LogP) is 3.15. The second-order valence-electron chi connectivity index (χ2n) is 5.80. The number of hydrogen-bond acceptors (Lipinski definition) is 5. The molecular formula is C20H14N2O4. The van der Waals surface area contributed by atoms with Crippen LogP contribution in [0.5, 0.6) is 17.2 Å². The summed E-state index contributed by atoms with van der Waals surface area (Å²) in [5.41, 5.74) is 1.77. The molecule has 0 radical (unpaired) electrons. The van der Waals surface area contributed by atoms with E-state index in [0.29, 0.717) is 28.0 Å². The molecule has 128 valence electrons. The van der Waals surface area contributed by atoms with Gasteiger partial charge in [-0.2, -0.15) is 0 Å². The smallest absolute Gasteiger partial charge is 0.266 e. The minimum atomic E-state index is -0.618. The molecule has 0 atom stereocenters. The number of nitrogens with zero attached hydrogens (tertiary/aromatic N) is 2. The Hall–Kier alpha value is -3.80. The minimum Gasteiger partial charge on any atom is -0.504 e.